The number of carbonyl (C=O) groups excluding carboxylic acids is 2. The van der Waals surface area contributed by atoms with E-state index in [0.29, 0.717) is 6.54 Å². The van der Waals surface area contributed by atoms with Crippen LogP contribution in [0.25, 0.3) is 0 Å². The standard InChI is InChI=1S/C16H30N2O2/c1-2-3-4-5-6-7-8-9-10-11-14-18-16(20)13-12-15(17)19/h12-13H,2-11,14H2,1H3,(H2,17,19)(H,18,20)/b13-12-. The number of unbranched alkanes of at least 4 members (excludes halogenated alkanes) is 9. The molecule has 4 nitrogen and oxygen atoms in total. The summed E-state index contributed by atoms with van der Waals surface area (Å²) in [5.74, 6) is -0.848. The number of rotatable bonds is 13. The molecule has 0 bridgehead atoms. The maximum atomic E-state index is 11.2. The molecule has 0 aliphatic rings. The van der Waals surface area contributed by atoms with Gasteiger partial charge in [0.25, 0.3) is 0 Å². The summed E-state index contributed by atoms with van der Waals surface area (Å²) >= 11 is 0. The second-order valence-corrected chi connectivity index (χ2v) is 5.21. The molecule has 0 saturated heterocycles. The van der Waals surface area contributed by atoms with Crippen molar-refractivity contribution in [3.05, 3.63) is 12.2 Å². The molecule has 0 spiro atoms. The molecular weight excluding hydrogens is 252 g/mol. The van der Waals surface area contributed by atoms with Crippen LogP contribution in [-0.2, 0) is 9.59 Å². The Morgan fingerprint density at radius 1 is 0.850 bits per heavy atom. The average Bonchev–Trinajstić information content (AvgIpc) is 2.42. The van der Waals surface area contributed by atoms with E-state index < -0.39 is 5.91 Å². The number of primary amides is 1. The maximum absolute atomic E-state index is 11.2. The van der Waals surface area contributed by atoms with E-state index in [1.165, 1.54) is 57.4 Å². The summed E-state index contributed by atoms with van der Waals surface area (Å²) in [4.78, 5) is 21.6. The van der Waals surface area contributed by atoms with Gasteiger partial charge in [-0.1, -0.05) is 64.7 Å². The number of hydrogen-bond donors (Lipinski definition) is 2. The minimum absolute atomic E-state index is 0.250. The Labute approximate surface area is 123 Å². The van der Waals surface area contributed by atoms with Gasteiger partial charge in [-0.25, -0.2) is 0 Å². The summed E-state index contributed by atoms with van der Waals surface area (Å²) in [6.45, 7) is 2.90. The Hall–Kier alpha value is -1.32. The van der Waals surface area contributed by atoms with Crippen LogP contribution in [0, 0.1) is 0 Å². The lowest BCUT2D eigenvalue weighted by atomic mass is 10.1. The van der Waals surface area contributed by atoms with Gasteiger partial charge in [-0.15, -0.1) is 0 Å². The Morgan fingerprint density at radius 2 is 1.35 bits per heavy atom. The van der Waals surface area contributed by atoms with Gasteiger partial charge >= 0.3 is 0 Å². The number of hydrogen-bond acceptors (Lipinski definition) is 2. The van der Waals surface area contributed by atoms with Gasteiger partial charge in [-0.05, 0) is 6.42 Å². The van der Waals surface area contributed by atoms with Crippen molar-refractivity contribution in [2.75, 3.05) is 6.54 Å². The van der Waals surface area contributed by atoms with E-state index in [1.807, 2.05) is 0 Å². The summed E-state index contributed by atoms with van der Waals surface area (Å²) in [6, 6.07) is 0. The SMILES string of the molecule is CCCCCCCCCCCCNC(=O)/C=C\C(N)=O. The summed E-state index contributed by atoms with van der Waals surface area (Å²) in [7, 11) is 0. The summed E-state index contributed by atoms with van der Waals surface area (Å²) in [5.41, 5.74) is 4.90. The largest absolute Gasteiger partial charge is 0.366 e. The number of nitrogens with two attached hydrogens (primary N) is 1. The Bertz CT molecular complexity index is 288. The van der Waals surface area contributed by atoms with Crippen LogP contribution < -0.4 is 11.1 Å². The van der Waals surface area contributed by atoms with E-state index in [-0.39, 0.29) is 5.91 Å². The highest BCUT2D eigenvalue weighted by molar-refractivity contribution is 5.95. The van der Waals surface area contributed by atoms with Crippen molar-refractivity contribution in [3.63, 3.8) is 0 Å². The molecule has 3 N–H and O–H groups in total. The molecule has 4 heteroatoms. The smallest absolute Gasteiger partial charge is 0.244 e. The molecule has 0 aromatic carbocycles. The molecule has 2 amide bonds. The molecule has 0 aromatic heterocycles. The highest BCUT2D eigenvalue weighted by atomic mass is 16.2. The van der Waals surface area contributed by atoms with Crippen LogP contribution >= 0.6 is 0 Å². The van der Waals surface area contributed by atoms with Crippen molar-refractivity contribution in [3.8, 4) is 0 Å². The van der Waals surface area contributed by atoms with Crippen LogP contribution in [-0.4, -0.2) is 18.4 Å². The fraction of sp³-hybridized carbons (Fsp3) is 0.750. The van der Waals surface area contributed by atoms with Crippen molar-refractivity contribution >= 4 is 11.8 Å². The zero-order valence-electron chi connectivity index (χ0n) is 12.8. The molecule has 0 aliphatic carbocycles. The first-order chi connectivity index (χ1) is 9.66. The molecular formula is C16H30N2O2. The van der Waals surface area contributed by atoms with Crippen LogP contribution in [0.15, 0.2) is 12.2 Å². The van der Waals surface area contributed by atoms with Crippen LogP contribution in [0.4, 0.5) is 0 Å². The van der Waals surface area contributed by atoms with Gasteiger partial charge in [0.15, 0.2) is 0 Å². The van der Waals surface area contributed by atoms with Crippen molar-refractivity contribution in [1.29, 1.82) is 0 Å². The number of nitrogens with one attached hydrogen (secondary N) is 1. The van der Waals surface area contributed by atoms with E-state index in [9.17, 15) is 9.59 Å². The predicted molar refractivity (Wildman–Crippen MR) is 83.2 cm³/mol. The zero-order chi connectivity index (χ0) is 15.1. The minimum atomic E-state index is -0.598. The molecule has 0 aliphatic heterocycles. The van der Waals surface area contributed by atoms with Gasteiger partial charge in [0.2, 0.25) is 11.8 Å². The maximum Gasteiger partial charge on any atom is 0.244 e. The lowest BCUT2D eigenvalue weighted by Crippen LogP contribution is -2.22. The van der Waals surface area contributed by atoms with Crippen molar-refractivity contribution < 1.29 is 9.59 Å². The van der Waals surface area contributed by atoms with E-state index >= 15 is 0 Å². The molecule has 0 unspecified atom stereocenters. The van der Waals surface area contributed by atoms with Crippen LogP contribution in [0.2, 0.25) is 0 Å². The monoisotopic (exact) mass is 282 g/mol. The molecule has 0 atom stereocenters. The average molecular weight is 282 g/mol. The molecule has 116 valence electrons. The summed E-state index contributed by atoms with van der Waals surface area (Å²) in [6.07, 6.45) is 15.0. The van der Waals surface area contributed by atoms with Gasteiger partial charge in [0, 0.05) is 18.7 Å². The van der Waals surface area contributed by atoms with E-state index in [0.717, 1.165) is 18.9 Å². The third kappa shape index (κ3) is 14.7. The molecule has 0 saturated carbocycles. The lowest BCUT2D eigenvalue weighted by molar-refractivity contribution is -0.117. The van der Waals surface area contributed by atoms with Crippen LogP contribution in [0.3, 0.4) is 0 Å². The van der Waals surface area contributed by atoms with Crippen molar-refractivity contribution in [1.82, 2.24) is 5.32 Å². The fourth-order valence-electron chi connectivity index (χ4n) is 2.04. The van der Waals surface area contributed by atoms with Gasteiger partial charge in [0.05, 0.1) is 0 Å². The first kappa shape index (κ1) is 18.7. The first-order valence-corrected chi connectivity index (χ1v) is 7.92. The van der Waals surface area contributed by atoms with Gasteiger partial charge < -0.3 is 11.1 Å². The topological polar surface area (TPSA) is 72.2 Å². The second kappa shape index (κ2) is 14.1. The normalized spacial score (nSPS) is 10.8. The van der Waals surface area contributed by atoms with Gasteiger partial charge in [0.1, 0.15) is 0 Å². The Kier molecular flexibility index (Phi) is 13.2. The zero-order valence-corrected chi connectivity index (χ0v) is 12.8. The second-order valence-electron chi connectivity index (χ2n) is 5.21. The summed E-state index contributed by atoms with van der Waals surface area (Å²) < 4.78 is 0. The van der Waals surface area contributed by atoms with E-state index in [2.05, 4.69) is 12.2 Å². The molecule has 0 radical (unpaired) electrons. The Balaban J connectivity index is 3.20. The quantitative estimate of drug-likeness (QED) is 0.402. The first-order valence-electron chi connectivity index (χ1n) is 7.92. The third-order valence-corrected chi connectivity index (χ3v) is 3.23. The molecule has 0 heterocycles. The minimum Gasteiger partial charge on any atom is -0.366 e. The van der Waals surface area contributed by atoms with Crippen LogP contribution in [0.1, 0.15) is 71.1 Å². The van der Waals surface area contributed by atoms with Crippen molar-refractivity contribution in [2.45, 2.75) is 71.1 Å². The number of amides is 2. The van der Waals surface area contributed by atoms with Gasteiger partial charge in [-0.2, -0.15) is 0 Å². The molecule has 20 heavy (non-hydrogen) atoms. The molecule has 0 rings (SSSR count). The lowest BCUT2D eigenvalue weighted by Gasteiger charge is -2.03. The predicted octanol–water partition coefficient (Wildman–Crippen LogP) is 3.07. The van der Waals surface area contributed by atoms with Crippen molar-refractivity contribution in [2.24, 2.45) is 5.73 Å². The molecule has 0 aromatic rings. The summed E-state index contributed by atoms with van der Waals surface area (Å²) in [5, 5.41) is 2.73. The molecule has 0 fully saturated rings. The third-order valence-electron chi connectivity index (χ3n) is 3.23. The van der Waals surface area contributed by atoms with E-state index in [1.54, 1.807) is 0 Å². The Morgan fingerprint density at radius 3 is 1.85 bits per heavy atom. The van der Waals surface area contributed by atoms with E-state index in [4.69, 9.17) is 5.73 Å². The number of carbonyl (C=O) groups is 2. The highest BCUT2D eigenvalue weighted by Crippen LogP contribution is 2.10. The fourth-order valence-corrected chi connectivity index (χ4v) is 2.04. The van der Waals surface area contributed by atoms with Gasteiger partial charge in [-0.3, -0.25) is 9.59 Å². The highest BCUT2D eigenvalue weighted by Gasteiger charge is 1.96. The van der Waals surface area contributed by atoms with Crippen LogP contribution in [0.5, 0.6) is 0 Å².